The van der Waals surface area contributed by atoms with Crippen LogP contribution in [0.15, 0.2) is 18.2 Å². The van der Waals surface area contributed by atoms with Crippen molar-refractivity contribution in [1.29, 1.82) is 5.26 Å². The van der Waals surface area contributed by atoms with E-state index < -0.39 is 0 Å². The molecule has 2 nitrogen and oxygen atoms in total. The highest BCUT2D eigenvalue weighted by atomic mass is 35.5. The Kier molecular flexibility index (Phi) is 5.26. The molecule has 0 unspecified atom stereocenters. The average Bonchev–Trinajstić information content (AvgIpc) is 2.30. The molecule has 0 atom stereocenters. The first-order valence-corrected chi connectivity index (χ1v) is 5.52. The van der Waals surface area contributed by atoms with Crippen LogP contribution in [0.5, 0.6) is 0 Å². The molecule has 0 aliphatic carbocycles. The third-order valence-corrected chi connectivity index (χ3v) is 2.40. The first-order chi connectivity index (χ1) is 7.77. The fourth-order valence-electron chi connectivity index (χ4n) is 1.34. The van der Waals surface area contributed by atoms with Gasteiger partial charge in [0, 0.05) is 18.0 Å². The molecule has 3 heteroatoms. The monoisotopic (exact) mass is 232 g/mol. The average molecular weight is 233 g/mol. The van der Waals surface area contributed by atoms with Gasteiger partial charge in [-0.1, -0.05) is 11.6 Å². The summed E-state index contributed by atoms with van der Waals surface area (Å²) in [4.78, 5) is 0. The number of anilines is 1. The molecule has 0 amide bonds. The van der Waals surface area contributed by atoms with Gasteiger partial charge in [-0.25, -0.2) is 0 Å². The van der Waals surface area contributed by atoms with Crippen molar-refractivity contribution >= 4 is 17.3 Å². The molecule has 0 heterocycles. The number of nitrogens with one attached hydrogen (secondary N) is 1. The molecule has 82 valence electrons. The predicted octanol–water partition coefficient (Wildman–Crippen LogP) is 3.43. The number of terminal acetylenes is 1. The second-order valence-electron chi connectivity index (χ2n) is 3.39. The molecule has 0 aliphatic rings. The summed E-state index contributed by atoms with van der Waals surface area (Å²) in [5.41, 5.74) is 1.40. The van der Waals surface area contributed by atoms with Gasteiger partial charge in [-0.05, 0) is 31.0 Å². The lowest BCUT2D eigenvalue weighted by molar-refractivity contribution is 0.789. The molecule has 16 heavy (non-hydrogen) atoms. The number of unbranched alkanes of at least 4 members (excludes halogenated alkanes) is 2. The van der Waals surface area contributed by atoms with Crippen molar-refractivity contribution in [2.75, 3.05) is 11.9 Å². The summed E-state index contributed by atoms with van der Waals surface area (Å²) in [5, 5.41) is 12.7. The number of nitrogens with zero attached hydrogens (tertiary/aromatic N) is 1. The van der Waals surface area contributed by atoms with Crippen molar-refractivity contribution in [1.82, 2.24) is 0 Å². The molecular formula is C13H13ClN2. The Balaban J connectivity index is 2.48. The number of hydrogen-bond acceptors (Lipinski definition) is 2. The highest BCUT2D eigenvalue weighted by molar-refractivity contribution is 6.30. The molecule has 0 saturated carbocycles. The topological polar surface area (TPSA) is 35.8 Å². The third kappa shape index (κ3) is 3.85. The number of benzene rings is 1. The molecule has 1 aromatic rings. The van der Waals surface area contributed by atoms with Crippen LogP contribution in [-0.2, 0) is 0 Å². The van der Waals surface area contributed by atoms with Gasteiger partial charge in [-0.2, -0.15) is 5.26 Å². The number of hydrogen-bond donors (Lipinski definition) is 1. The summed E-state index contributed by atoms with van der Waals surface area (Å²) in [6, 6.07) is 7.36. The zero-order chi connectivity index (χ0) is 11.8. The third-order valence-electron chi connectivity index (χ3n) is 2.17. The minimum absolute atomic E-state index is 0.574. The summed E-state index contributed by atoms with van der Waals surface area (Å²) in [7, 11) is 0. The van der Waals surface area contributed by atoms with Crippen molar-refractivity contribution < 1.29 is 0 Å². The van der Waals surface area contributed by atoms with E-state index in [0.29, 0.717) is 10.6 Å². The summed E-state index contributed by atoms with van der Waals surface area (Å²) in [6.07, 6.45) is 7.95. The summed E-state index contributed by atoms with van der Waals surface area (Å²) >= 11 is 5.80. The van der Waals surface area contributed by atoms with Crippen LogP contribution >= 0.6 is 11.6 Å². The normalized spacial score (nSPS) is 9.19. The number of rotatable bonds is 5. The van der Waals surface area contributed by atoms with Gasteiger partial charge in [0.15, 0.2) is 0 Å². The summed E-state index contributed by atoms with van der Waals surface area (Å²) < 4.78 is 0. The van der Waals surface area contributed by atoms with E-state index in [1.54, 1.807) is 12.1 Å². The quantitative estimate of drug-likeness (QED) is 0.624. The minimum Gasteiger partial charge on any atom is -0.384 e. The Labute approximate surface area is 101 Å². The van der Waals surface area contributed by atoms with Crippen molar-refractivity contribution in [2.24, 2.45) is 0 Å². The zero-order valence-corrected chi connectivity index (χ0v) is 9.72. The van der Waals surface area contributed by atoms with Gasteiger partial charge in [0.1, 0.15) is 6.07 Å². The van der Waals surface area contributed by atoms with E-state index >= 15 is 0 Å². The van der Waals surface area contributed by atoms with Crippen LogP contribution in [0.3, 0.4) is 0 Å². The molecule has 0 fully saturated rings. The Morgan fingerprint density at radius 1 is 1.38 bits per heavy atom. The molecule has 1 rings (SSSR count). The van der Waals surface area contributed by atoms with Crippen molar-refractivity contribution in [2.45, 2.75) is 19.3 Å². The van der Waals surface area contributed by atoms with Gasteiger partial charge in [0.25, 0.3) is 0 Å². The lowest BCUT2D eigenvalue weighted by Gasteiger charge is -2.07. The zero-order valence-electron chi connectivity index (χ0n) is 8.96. The molecule has 1 N–H and O–H groups in total. The highest BCUT2D eigenvalue weighted by Gasteiger charge is 2.01. The van der Waals surface area contributed by atoms with Crippen LogP contribution in [0.2, 0.25) is 5.02 Å². The summed E-state index contributed by atoms with van der Waals surface area (Å²) in [6.45, 7) is 0.817. The van der Waals surface area contributed by atoms with E-state index in [1.807, 2.05) is 6.07 Å². The van der Waals surface area contributed by atoms with Gasteiger partial charge in [0.05, 0.1) is 11.3 Å². The smallest absolute Gasteiger partial charge is 0.101 e. The highest BCUT2D eigenvalue weighted by Crippen LogP contribution is 2.19. The molecule has 0 radical (unpaired) electrons. The van der Waals surface area contributed by atoms with Crippen LogP contribution in [0.4, 0.5) is 5.69 Å². The maximum atomic E-state index is 8.91. The van der Waals surface area contributed by atoms with Crippen LogP contribution in [0.25, 0.3) is 0 Å². The van der Waals surface area contributed by atoms with Gasteiger partial charge in [-0.3, -0.25) is 0 Å². The SMILES string of the molecule is C#CCCCCNc1ccc(Cl)cc1C#N. The maximum absolute atomic E-state index is 8.91. The second kappa shape index (κ2) is 6.77. The fourth-order valence-corrected chi connectivity index (χ4v) is 1.51. The first-order valence-electron chi connectivity index (χ1n) is 5.15. The van der Waals surface area contributed by atoms with E-state index in [0.717, 1.165) is 31.5 Å². The first kappa shape index (κ1) is 12.4. The van der Waals surface area contributed by atoms with Gasteiger partial charge >= 0.3 is 0 Å². The van der Waals surface area contributed by atoms with Gasteiger partial charge in [-0.15, -0.1) is 12.3 Å². The van der Waals surface area contributed by atoms with Crippen molar-refractivity contribution in [3.05, 3.63) is 28.8 Å². The molecule has 0 aromatic heterocycles. The molecule has 0 aliphatic heterocycles. The second-order valence-corrected chi connectivity index (χ2v) is 3.83. The summed E-state index contributed by atoms with van der Waals surface area (Å²) in [5.74, 6) is 2.60. The van der Waals surface area contributed by atoms with E-state index in [-0.39, 0.29) is 0 Å². The fraction of sp³-hybridized carbons (Fsp3) is 0.308. The molecule has 0 bridgehead atoms. The Hall–Kier alpha value is -1.64. The molecule has 0 spiro atoms. The van der Waals surface area contributed by atoms with Crippen LogP contribution in [0, 0.1) is 23.7 Å². The van der Waals surface area contributed by atoms with E-state index in [1.165, 1.54) is 0 Å². The van der Waals surface area contributed by atoms with E-state index in [4.69, 9.17) is 23.3 Å². The molecular weight excluding hydrogens is 220 g/mol. The van der Waals surface area contributed by atoms with Gasteiger partial charge in [0.2, 0.25) is 0 Å². The van der Waals surface area contributed by atoms with Crippen molar-refractivity contribution in [3.63, 3.8) is 0 Å². The number of nitriles is 1. The van der Waals surface area contributed by atoms with Crippen LogP contribution in [0.1, 0.15) is 24.8 Å². The lowest BCUT2D eigenvalue weighted by atomic mass is 10.2. The van der Waals surface area contributed by atoms with Crippen LogP contribution < -0.4 is 5.32 Å². The van der Waals surface area contributed by atoms with E-state index in [9.17, 15) is 0 Å². The van der Waals surface area contributed by atoms with E-state index in [2.05, 4.69) is 17.3 Å². The minimum atomic E-state index is 0.574. The maximum Gasteiger partial charge on any atom is 0.101 e. The Bertz CT molecular complexity index is 427. The predicted molar refractivity (Wildman–Crippen MR) is 67.3 cm³/mol. The van der Waals surface area contributed by atoms with Crippen molar-refractivity contribution in [3.8, 4) is 18.4 Å². The molecule has 1 aromatic carbocycles. The lowest BCUT2D eigenvalue weighted by Crippen LogP contribution is -2.02. The largest absolute Gasteiger partial charge is 0.384 e. The Morgan fingerprint density at radius 2 is 2.19 bits per heavy atom. The standard InChI is InChI=1S/C13H13ClN2/c1-2-3-4-5-8-16-13-7-6-12(14)9-11(13)10-15/h1,6-7,9,16H,3-5,8H2. The Morgan fingerprint density at radius 3 is 2.88 bits per heavy atom. The number of halogens is 1. The van der Waals surface area contributed by atoms with Crippen LogP contribution in [-0.4, -0.2) is 6.54 Å². The molecule has 0 saturated heterocycles. The van der Waals surface area contributed by atoms with Gasteiger partial charge < -0.3 is 5.32 Å².